The van der Waals surface area contributed by atoms with Crippen molar-refractivity contribution in [2.75, 3.05) is 10.6 Å². The lowest BCUT2D eigenvalue weighted by molar-refractivity contribution is -0.129. The molecule has 2 amide bonds. The maximum Gasteiger partial charge on any atom is 0.228 e. The molecule has 4 rings (SSSR count). The Labute approximate surface area is 172 Å². The van der Waals surface area contributed by atoms with E-state index in [4.69, 9.17) is 0 Å². The minimum Gasteiger partial charge on any atom is -0.326 e. The molecule has 2 bridgehead atoms. The molecule has 29 heavy (non-hydrogen) atoms. The highest BCUT2D eigenvalue weighted by Crippen LogP contribution is 2.48. The van der Waals surface area contributed by atoms with E-state index in [1.165, 1.54) is 11.1 Å². The van der Waals surface area contributed by atoms with E-state index < -0.39 is 0 Å². The van der Waals surface area contributed by atoms with Gasteiger partial charge in [0.2, 0.25) is 11.8 Å². The summed E-state index contributed by atoms with van der Waals surface area (Å²) in [6.07, 6.45) is 5.08. The van der Waals surface area contributed by atoms with Gasteiger partial charge in [0.25, 0.3) is 0 Å². The van der Waals surface area contributed by atoms with E-state index in [9.17, 15) is 9.59 Å². The van der Waals surface area contributed by atoms with E-state index in [2.05, 4.69) is 36.6 Å². The highest BCUT2D eigenvalue weighted by atomic mass is 16.2. The summed E-state index contributed by atoms with van der Waals surface area (Å²) in [5.74, 6) is -0.545. The molecule has 2 N–H and O–H groups in total. The van der Waals surface area contributed by atoms with Gasteiger partial charge < -0.3 is 10.6 Å². The Morgan fingerprint density at radius 2 is 1.10 bits per heavy atom. The monoisotopic (exact) mass is 388 g/mol. The van der Waals surface area contributed by atoms with E-state index in [0.29, 0.717) is 0 Å². The number of carbonyl (C=O) groups is 2. The number of fused-ring (bicyclic) bond motifs is 2. The van der Waals surface area contributed by atoms with Crippen LogP contribution in [0.15, 0.2) is 48.6 Å². The highest BCUT2D eigenvalue weighted by molar-refractivity contribution is 6.01. The number of carbonyl (C=O) groups excluding carboxylic acids is 2. The Morgan fingerprint density at radius 3 is 1.48 bits per heavy atom. The predicted octanol–water partition coefficient (Wildman–Crippen LogP) is 4.94. The zero-order valence-corrected chi connectivity index (χ0v) is 17.5. The summed E-state index contributed by atoms with van der Waals surface area (Å²) in [4.78, 5) is 26.3. The molecule has 4 nitrogen and oxygen atoms in total. The second-order valence-electron chi connectivity index (χ2n) is 8.58. The van der Waals surface area contributed by atoms with Gasteiger partial charge >= 0.3 is 0 Å². The van der Waals surface area contributed by atoms with Crippen LogP contribution in [0.4, 0.5) is 11.4 Å². The predicted molar refractivity (Wildman–Crippen MR) is 117 cm³/mol. The van der Waals surface area contributed by atoms with Crippen LogP contribution in [0.25, 0.3) is 0 Å². The average Bonchev–Trinajstić information content (AvgIpc) is 3.29. The molecule has 0 unspecified atom stereocenters. The second kappa shape index (κ2) is 7.51. The van der Waals surface area contributed by atoms with E-state index in [1.807, 2.05) is 50.2 Å². The van der Waals surface area contributed by atoms with Gasteiger partial charge in [-0.3, -0.25) is 9.59 Å². The van der Waals surface area contributed by atoms with Crippen LogP contribution in [-0.4, -0.2) is 11.8 Å². The van der Waals surface area contributed by atoms with Crippen molar-refractivity contribution >= 4 is 23.2 Å². The summed E-state index contributed by atoms with van der Waals surface area (Å²) in [6.45, 7) is 8.17. The van der Waals surface area contributed by atoms with Gasteiger partial charge in [-0.2, -0.15) is 0 Å². The lowest BCUT2D eigenvalue weighted by Gasteiger charge is -2.26. The van der Waals surface area contributed by atoms with Crippen LogP contribution in [0.2, 0.25) is 0 Å². The quantitative estimate of drug-likeness (QED) is 0.729. The first-order valence-electron chi connectivity index (χ1n) is 10.3. The van der Waals surface area contributed by atoms with Crippen molar-refractivity contribution in [3.05, 3.63) is 70.8 Å². The third-order valence-corrected chi connectivity index (χ3v) is 6.61. The standard InChI is InChI=1S/C25H28N2O2/c1-14-5-9-20(11-16(14)3)26-24(28)22-18-7-8-19(13-18)23(22)25(29)27-21-10-6-15(2)17(4)12-21/h5-12,18-19,22-23H,13H2,1-4H3,(H,26,28)(H,27,29)/t18-,19-,22-,23-/m0/s1. The fourth-order valence-electron chi connectivity index (χ4n) is 4.63. The smallest absolute Gasteiger partial charge is 0.228 e. The number of anilines is 2. The molecular formula is C25H28N2O2. The molecule has 2 aliphatic rings. The minimum atomic E-state index is -0.335. The summed E-state index contributed by atoms with van der Waals surface area (Å²) in [5.41, 5.74) is 6.24. The third kappa shape index (κ3) is 3.71. The number of rotatable bonds is 4. The molecule has 0 radical (unpaired) electrons. The molecule has 1 fully saturated rings. The van der Waals surface area contributed by atoms with Crippen molar-refractivity contribution in [1.82, 2.24) is 0 Å². The van der Waals surface area contributed by atoms with Gasteiger partial charge in [0.1, 0.15) is 0 Å². The van der Waals surface area contributed by atoms with E-state index in [1.54, 1.807) is 0 Å². The van der Waals surface area contributed by atoms with Gasteiger partial charge in [-0.1, -0.05) is 24.3 Å². The van der Waals surface area contributed by atoms with Crippen LogP contribution in [0.5, 0.6) is 0 Å². The second-order valence-corrected chi connectivity index (χ2v) is 8.58. The first kappa shape index (κ1) is 19.4. The van der Waals surface area contributed by atoms with Gasteiger partial charge in [0.15, 0.2) is 0 Å². The Bertz CT molecular complexity index is 928. The summed E-state index contributed by atoms with van der Waals surface area (Å²) in [7, 11) is 0. The Kier molecular flexibility index (Phi) is 5.03. The fourth-order valence-corrected chi connectivity index (χ4v) is 4.63. The molecule has 4 atom stereocenters. The maximum atomic E-state index is 13.1. The molecule has 0 saturated heterocycles. The number of hydrogen-bond donors (Lipinski definition) is 2. The normalized spacial score (nSPS) is 24.6. The van der Waals surface area contributed by atoms with Gasteiger partial charge in [0, 0.05) is 11.4 Å². The minimum absolute atomic E-state index is 0.0645. The lowest BCUT2D eigenvalue weighted by atomic mass is 9.81. The molecule has 4 heteroatoms. The molecular weight excluding hydrogens is 360 g/mol. The Hall–Kier alpha value is -2.88. The van der Waals surface area contributed by atoms with E-state index >= 15 is 0 Å². The summed E-state index contributed by atoms with van der Waals surface area (Å²) < 4.78 is 0. The zero-order chi connectivity index (χ0) is 20.7. The molecule has 2 aromatic carbocycles. The van der Waals surface area contributed by atoms with Crippen LogP contribution in [0.3, 0.4) is 0 Å². The van der Waals surface area contributed by atoms with Crippen molar-refractivity contribution in [1.29, 1.82) is 0 Å². The number of nitrogens with one attached hydrogen (secondary N) is 2. The fraction of sp³-hybridized carbons (Fsp3) is 0.360. The number of aryl methyl sites for hydroxylation is 4. The van der Waals surface area contributed by atoms with E-state index in [-0.39, 0.29) is 35.5 Å². The molecule has 0 aromatic heterocycles. The number of amides is 2. The van der Waals surface area contributed by atoms with Crippen molar-refractivity contribution in [2.45, 2.75) is 34.1 Å². The summed E-state index contributed by atoms with van der Waals surface area (Å²) in [6, 6.07) is 11.8. The number of hydrogen-bond acceptors (Lipinski definition) is 2. The number of benzene rings is 2. The third-order valence-electron chi connectivity index (χ3n) is 6.61. The SMILES string of the molecule is Cc1ccc(NC(=O)[C@@H]2[C@@H](C(=O)Nc3ccc(C)c(C)c3)[C@H]3C=C[C@H]2C3)cc1C. The largest absolute Gasteiger partial charge is 0.326 e. The maximum absolute atomic E-state index is 13.1. The molecule has 0 heterocycles. The van der Waals surface area contributed by atoms with Crippen LogP contribution in [0, 0.1) is 51.4 Å². The van der Waals surface area contributed by atoms with Gasteiger partial charge in [0.05, 0.1) is 11.8 Å². The average molecular weight is 389 g/mol. The van der Waals surface area contributed by atoms with Gasteiger partial charge in [-0.15, -0.1) is 0 Å². The van der Waals surface area contributed by atoms with Crippen LogP contribution < -0.4 is 10.6 Å². The molecule has 150 valence electrons. The molecule has 2 aliphatic carbocycles. The summed E-state index contributed by atoms with van der Waals surface area (Å²) >= 11 is 0. The Morgan fingerprint density at radius 1 is 0.690 bits per heavy atom. The first-order chi connectivity index (χ1) is 13.8. The van der Waals surface area contributed by atoms with Crippen LogP contribution >= 0.6 is 0 Å². The molecule has 0 aliphatic heterocycles. The topological polar surface area (TPSA) is 58.2 Å². The highest BCUT2D eigenvalue weighted by Gasteiger charge is 2.51. The van der Waals surface area contributed by atoms with E-state index in [0.717, 1.165) is 28.9 Å². The molecule has 1 saturated carbocycles. The van der Waals surface area contributed by atoms with Crippen molar-refractivity contribution in [2.24, 2.45) is 23.7 Å². The van der Waals surface area contributed by atoms with Crippen molar-refractivity contribution < 1.29 is 9.59 Å². The zero-order valence-electron chi connectivity index (χ0n) is 17.5. The molecule has 2 aromatic rings. The first-order valence-corrected chi connectivity index (χ1v) is 10.3. The molecule has 0 spiro atoms. The van der Waals surface area contributed by atoms with Crippen LogP contribution in [0.1, 0.15) is 28.7 Å². The van der Waals surface area contributed by atoms with Crippen molar-refractivity contribution in [3.63, 3.8) is 0 Å². The summed E-state index contributed by atoms with van der Waals surface area (Å²) in [5, 5.41) is 6.10. The van der Waals surface area contributed by atoms with Crippen LogP contribution in [-0.2, 0) is 9.59 Å². The van der Waals surface area contributed by atoms with Gasteiger partial charge in [-0.25, -0.2) is 0 Å². The van der Waals surface area contributed by atoms with Crippen molar-refractivity contribution in [3.8, 4) is 0 Å². The lowest BCUT2D eigenvalue weighted by Crippen LogP contribution is -2.39. The Balaban J connectivity index is 1.53. The number of allylic oxidation sites excluding steroid dienone is 2. The van der Waals surface area contributed by atoms with Gasteiger partial charge in [-0.05, 0) is 92.5 Å².